The van der Waals surface area contributed by atoms with Crippen molar-refractivity contribution in [2.24, 2.45) is 10.7 Å². The zero-order valence-corrected chi connectivity index (χ0v) is 13.4. The van der Waals surface area contributed by atoms with E-state index in [0.717, 1.165) is 0 Å². The summed E-state index contributed by atoms with van der Waals surface area (Å²) in [6.45, 7) is 0. The summed E-state index contributed by atoms with van der Waals surface area (Å²) in [5, 5.41) is 0.221. The standard InChI is InChI=1S/C10H7Cl4F3N2S/c11-4-1-5(12)7(20-3-10(15,16)17)2-6(4)19-9(18)8(13)14/h1-2,8H,3H2,(H2,18,19). The second-order valence-electron chi connectivity index (χ2n) is 3.48. The Hall–Kier alpha value is -0.0100. The van der Waals surface area contributed by atoms with E-state index in [4.69, 9.17) is 52.1 Å². The number of rotatable bonds is 4. The number of benzene rings is 1. The van der Waals surface area contributed by atoms with E-state index in [0.29, 0.717) is 11.8 Å². The van der Waals surface area contributed by atoms with Crippen LogP contribution in [0.3, 0.4) is 0 Å². The first-order chi connectivity index (χ1) is 9.10. The lowest BCUT2D eigenvalue weighted by atomic mass is 10.3. The maximum atomic E-state index is 12.2. The van der Waals surface area contributed by atoms with Crippen molar-refractivity contribution in [1.29, 1.82) is 0 Å². The highest BCUT2D eigenvalue weighted by Gasteiger charge is 2.27. The summed E-state index contributed by atoms with van der Waals surface area (Å²) in [5.41, 5.74) is 5.60. The molecule has 1 aromatic carbocycles. The minimum atomic E-state index is -4.31. The average Bonchev–Trinajstić information content (AvgIpc) is 2.29. The van der Waals surface area contributed by atoms with Crippen LogP contribution in [0.25, 0.3) is 0 Å². The van der Waals surface area contributed by atoms with E-state index in [1.54, 1.807) is 0 Å². The summed E-state index contributed by atoms with van der Waals surface area (Å²) < 4.78 is 36.6. The fourth-order valence-electron chi connectivity index (χ4n) is 1.06. The van der Waals surface area contributed by atoms with Crippen LogP contribution in [0.15, 0.2) is 22.0 Å². The van der Waals surface area contributed by atoms with Crippen LogP contribution >= 0.6 is 58.2 Å². The Morgan fingerprint density at radius 3 is 2.35 bits per heavy atom. The minimum Gasteiger partial charge on any atom is -0.385 e. The van der Waals surface area contributed by atoms with E-state index in [9.17, 15) is 13.2 Å². The minimum absolute atomic E-state index is 0.0927. The Balaban J connectivity index is 3.07. The van der Waals surface area contributed by atoms with Crippen LogP contribution in [-0.2, 0) is 0 Å². The number of nitrogens with zero attached hydrogens (tertiary/aromatic N) is 1. The highest BCUT2D eigenvalue weighted by molar-refractivity contribution is 7.99. The van der Waals surface area contributed by atoms with Gasteiger partial charge in [0.25, 0.3) is 0 Å². The molecule has 0 aliphatic heterocycles. The first-order valence-corrected chi connectivity index (χ1v) is 7.52. The molecule has 0 aliphatic carbocycles. The Morgan fingerprint density at radius 2 is 1.85 bits per heavy atom. The van der Waals surface area contributed by atoms with Gasteiger partial charge < -0.3 is 5.73 Å². The van der Waals surface area contributed by atoms with Crippen LogP contribution < -0.4 is 5.73 Å². The lowest BCUT2D eigenvalue weighted by molar-refractivity contribution is -0.105. The van der Waals surface area contributed by atoms with Crippen molar-refractivity contribution in [3.63, 3.8) is 0 Å². The second-order valence-corrected chi connectivity index (χ2v) is 6.40. The summed E-state index contributed by atoms with van der Waals surface area (Å²) in [6, 6.07) is 2.58. The van der Waals surface area contributed by atoms with Crippen molar-refractivity contribution in [3.05, 3.63) is 22.2 Å². The van der Waals surface area contributed by atoms with E-state index in [2.05, 4.69) is 4.99 Å². The molecule has 0 saturated carbocycles. The molecule has 2 N–H and O–H groups in total. The van der Waals surface area contributed by atoms with Crippen LogP contribution in [0.2, 0.25) is 10.0 Å². The van der Waals surface area contributed by atoms with Crippen molar-refractivity contribution in [2.45, 2.75) is 15.9 Å². The average molecular weight is 386 g/mol. The lowest BCUT2D eigenvalue weighted by Crippen LogP contribution is -2.18. The fourth-order valence-corrected chi connectivity index (χ4v) is 2.46. The second kappa shape index (κ2) is 7.31. The van der Waals surface area contributed by atoms with Gasteiger partial charge in [0.05, 0.1) is 21.5 Å². The van der Waals surface area contributed by atoms with Gasteiger partial charge in [0, 0.05) is 4.90 Å². The Morgan fingerprint density at radius 1 is 1.25 bits per heavy atom. The Labute approximate surface area is 137 Å². The van der Waals surface area contributed by atoms with Gasteiger partial charge in [-0.25, -0.2) is 4.99 Å². The van der Waals surface area contributed by atoms with Crippen LogP contribution in [-0.4, -0.2) is 22.6 Å². The van der Waals surface area contributed by atoms with Crippen molar-refractivity contribution >= 4 is 69.7 Å². The van der Waals surface area contributed by atoms with Gasteiger partial charge in [-0.1, -0.05) is 46.4 Å². The lowest BCUT2D eigenvalue weighted by Gasteiger charge is -2.10. The molecule has 112 valence electrons. The monoisotopic (exact) mass is 384 g/mol. The molecule has 0 bridgehead atoms. The number of amidine groups is 1. The molecule has 0 aromatic heterocycles. The maximum absolute atomic E-state index is 12.2. The highest BCUT2D eigenvalue weighted by atomic mass is 35.5. The molecule has 0 radical (unpaired) electrons. The molecular weight excluding hydrogens is 379 g/mol. The number of hydrogen-bond donors (Lipinski definition) is 1. The summed E-state index contributed by atoms with van der Waals surface area (Å²) in [4.78, 5) is 2.98. The molecule has 0 spiro atoms. The zero-order chi connectivity index (χ0) is 15.5. The van der Waals surface area contributed by atoms with Gasteiger partial charge in [0.15, 0.2) is 4.84 Å². The smallest absolute Gasteiger partial charge is 0.385 e. The van der Waals surface area contributed by atoms with Crippen molar-refractivity contribution < 1.29 is 13.2 Å². The summed E-state index contributed by atoms with van der Waals surface area (Å²) in [6.07, 6.45) is -4.31. The van der Waals surface area contributed by atoms with Gasteiger partial charge in [0.2, 0.25) is 0 Å². The molecule has 0 atom stereocenters. The number of halogens is 7. The van der Waals surface area contributed by atoms with E-state index < -0.39 is 16.8 Å². The first-order valence-electron chi connectivity index (χ1n) is 4.91. The topological polar surface area (TPSA) is 38.4 Å². The highest BCUT2D eigenvalue weighted by Crippen LogP contribution is 2.38. The Kier molecular flexibility index (Phi) is 6.60. The van der Waals surface area contributed by atoms with Crippen molar-refractivity contribution in [3.8, 4) is 0 Å². The molecule has 0 saturated heterocycles. The van der Waals surface area contributed by atoms with Gasteiger partial charge in [-0.2, -0.15) is 13.2 Å². The van der Waals surface area contributed by atoms with E-state index in [1.165, 1.54) is 12.1 Å². The fraction of sp³-hybridized carbons (Fsp3) is 0.300. The molecule has 1 aromatic rings. The molecule has 1 rings (SSSR count). The normalized spacial score (nSPS) is 13.1. The largest absolute Gasteiger partial charge is 0.398 e. The van der Waals surface area contributed by atoms with E-state index >= 15 is 0 Å². The van der Waals surface area contributed by atoms with Crippen LogP contribution in [0.5, 0.6) is 0 Å². The molecule has 0 fully saturated rings. The van der Waals surface area contributed by atoms with Crippen molar-refractivity contribution in [1.82, 2.24) is 0 Å². The SMILES string of the molecule is NC(=Nc1cc(SCC(F)(F)F)c(Cl)cc1Cl)C(Cl)Cl. The number of alkyl halides is 5. The predicted octanol–water partition coefficient (Wildman–Crippen LogP) is 5.44. The third kappa shape index (κ3) is 5.77. The predicted molar refractivity (Wildman–Crippen MR) is 80.0 cm³/mol. The molecular formula is C10H7Cl4F3N2S. The molecule has 2 nitrogen and oxygen atoms in total. The molecule has 0 aliphatic rings. The molecule has 10 heteroatoms. The number of hydrogen-bond acceptors (Lipinski definition) is 2. The molecule has 20 heavy (non-hydrogen) atoms. The van der Waals surface area contributed by atoms with Crippen LogP contribution in [0.1, 0.15) is 0 Å². The van der Waals surface area contributed by atoms with E-state index in [1.807, 2.05) is 0 Å². The molecule has 0 amide bonds. The first kappa shape index (κ1) is 18.0. The third-order valence-electron chi connectivity index (χ3n) is 1.87. The van der Waals surface area contributed by atoms with Gasteiger partial charge in [-0.05, 0) is 12.1 Å². The van der Waals surface area contributed by atoms with Gasteiger partial charge >= 0.3 is 6.18 Å². The number of thioether (sulfide) groups is 1. The zero-order valence-electron chi connectivity index (χ0n) is 9.52. The number of nitrogens with two attached hydrogens (primary N) is 1. The van der Waals surface area contributed by atoms with Crippen LogP contribution in [0.4, 0.5) is 18.9 Å². The van der Waals surface area contributed by atoms with Gasteiger partial charge in [0.1, 0.15) is 5.84 Å². The molecule has 0 heterocycles. The summed E-state index contributed by atoms with van der Waals surface area (Å²) in [7, 11) is 0. The van der Waals surface area contributed by atoms with Crippen molar-refractivity contribution in [2.75, 3.05) is 5.75 Å². The van der Waals surface area contributed by atoms with Gasteiger partial charge in [-0.3, -0.25) is 0 Å². The molecule has 0 unspecified atom stereocenters. The van der Waals surface area contributed by atoms with Gasteiger partial charge in [-0.15, -0.1) is 11.8 Å². The summed E-state index contributed by atoms with van der Waals surface area (Å²) >= 11 is 23.2. The van der Waals surface area contributed by atoms with E-state index in [-0.39, 0.29) is 26.5 Å². The summed E-state index contributed by atoms with van der Waals surface area (Å²) in [5.74, 6) is -1.20. The quantitative estimate of drug-likeness (QED) is 0.324. The number of aliphatic imine (C=N–C) groups is 1. The third-order valence-corrected chi connectivity index (χ3v) is 4.16. The Bertz CT molecular complexity index is 520. The maximum Gasteiger partial charge on any atom is 0.398 e. The van der Waals surface area contributed by atoms with Crippen LogP contribution in [0, 0.1) is 0 Å².